The van der Waals surface area contributed by atoms with E-state index in [4.69, 9.17) is 34.8 Å². The van der Waals surface area contributed by atoms with Crippen LogP contribution in [0, 0.1) is 0 Å². The molecule has 4 nitrogen and oxygen atoms in total. The molecule has 2 amide bonds. The molecule has 0 saturated heterocycles. The Hall–Kier alpha value is -2.96. The fraction of sp³-hybridized carbons (Fsp3) is 0.0370. The van der Waals surface area contributed by atoms with Crippen molar-refractivity contribution in [3.63, 3.8) is 0 Å². The molecule has 176 valence electrons. The minimum absolute atomic E-state index is 0.251. The molecule has 1 atom stereocenters. The molecule has 0 aliphatic carbocycles. The molecule has 0 aliphatic heterocycles. The Morgan fingerprint density at radius 3 is 2.23 bits per heavy atom. The van der Waals surface area contributed by atoms with Crippen molar-refractivity contribution in [2.75, 3.05) is 10.6 Å². The fourth-order valence-electron chi connectivity index (χ4n) is 3.31. The van der Waals surface area contributed by atoms with Gasteiger partial charge in [0.05, 0.1) is 10.7 Å². The monoisotopic (exact) mass is 540 g/mol. The summed E-state index contributed by atoms with van der Waals surface area (Å²) in [6.07, 6.45) is 0. The Kier molecular flexibility index (Phi) is 8.37. The van der Waals surface area contributed by atoms with Gasteiger partial charge in [-0.2, -0.15) is 0 Å². The lowest BCUT2D eigenvalue weighted by Crippen LogP contribution is -2.19. The number of nitrogens with one attached hydrogen (secondary N) is 2. The Bertz CT molecular complexity index is 1370. The number of amides is 2. The van der Waals surface area contributed by atoms with E-state index in [1.165, 1.54) is 11.8 Å². The number of halogens is 3. The van der Waals surface area contributed by atoms with Crippen LogP contribution in [0.5, 0.6) is 0 Å². The van der Waals surface area contributed by atoms with E-state index >= 15 is 0 Å². The molecular formula is C27H19Cl3N2O2S. The number of benzene rings is 4. The molecule has 0 fully saturated rings. The Morgan fingerprint density at radius 2 is 1.46 bits per heavy atom. The number of thioether (sulfide) groups is 1. The first-order valence-electron chi connectivity index (χ1n) is 10.5. The Labute approximate surface area is 222 Å². The van der Waals surface area contributed by atoms with Crippen molar-refractivity contribution < 1.29 is 9.59 Å². The van der Waals surface area contributed by atoms with Gasteiger partial charge < -0.3 is 10.6 Å². The van der Waals surface area contributed by atoms with Gasteiger partial charge in [0.1, 0.15) is 5.25 Å². The second kappa shape index (κ2) is 11.6. The summed E-state index contributed by atoms with van der Waals surface area (Å²) < 4.78 is 0. The molecule has 0 aromatic heterocycles. The van der Waals surface area contributed by atoms with Crippen molar-refractivity contribution in [2.45, 2.75) is 10.1 Å². The zero-order chi connectivity index (χ0) is 24.8. The molecule has 0 saturated carbocycles. The summed E-state index contributed by atoms with van der Waals surface area (Å²) in [5.74, 6) is -0.527. The third-order valence-electron chi connectivity index (χ3n) is 4.96. The van der Waals surface area contributed by atoms with Gasteiger partial charge in [0, 0.05) is 26.2 Å². The topological polar surface area (TPSA) is 58.2 Å². The minimum Gasteiger partial charge on any atom is -0.323 e. The summed E-state index contributed by atoms with van der Waals surface area (Å²) in [6.45, 7) is 0. The van der Waals surface area contributed by atoms with Crippen molar-refractivity contribution in [1.82, 2.24) is 0 Å². The summed E-state index contributed by atoms with van der Waals surface area (Å²) in [5, 5.41) is 6.53. The van der Waals surface area contributed by atoms with Gasteiger partial charge in [-0.05, 0) is 60.2 Å². The minimum atomic E-state index is -0.579. The molecule has 35 heavy (non-hydrogen) atoms. The third-order valence-corrected chi connectivity index (χ3v) is 7.01. The lowest BCUT2D eigenvalue weighted by atomic mass is 10.1. The normalized spacial score (nSPS) is 11.5. The summed E-state index contributed by atoms with van der Waals surface area (Å²) in [5.41, 5.74) is 2.32. The van der Waals surface area contributed by atoms with E-state index in [1.54, 1.807) is 48.5 Å². The highest BCUT2D eigenvalue weighted by atomic mass is 35.5. The van der Waals surface area contributed by atoms with Gasteiger partial charge in [0.15, 0.2) is 0 Å². The first kappa shape index (κ1) is 25.1. The summed E-state index contributed by atoms with van der Waals surface area (Å²) in [7, 11) is 0. The van der Waals surface area contributed by atoms with Crippen LogP contribution in [0.4, 0.5) is 11.4 Å². The number of hydrogen-bond acceptors (Lipinski definition) is 3. The number of anilines is 2. The average molecular weight is 542 g/mol. The number of rotatable bonds is 7. The predicted octanol–water partition coefficient (Wildman–Crippen LogP) is 8.37. The maximum absolute atomic E-state index is 13.3. The Morgan fingerprint density at radius 1 is 0.714 bits per heavy atom. The molecular weight excluding hydrogens is 523 g/mol. The van der Waals surface area contributed by atoms with Crippen LogP contribution in [0.3, 0.4) is 0 Å². The molecule has 0 aliphatic rings. The summed E-state index contributed by atoms with van der Waals surface area (Å²) in [4.78, 5) is 26.8. The quantitative estimate of drug-likeness (QED) is 0.231. The van der Waals surface area contributed by atoms with Crippen LogP contribution in [0.2, 0.25) is 15.1 Å². The van der Waals surface area contributed by atoms with E-state index in [0.29, 0.717) is 32.0 Å². The van der Waals surface area contributed by atoms with Gasteiger partial charge >= 0.3 is 0 Å². The smallest absolute Gasteiger partial charge is 0.255 e. The van der Waals surface area contributed by atoms with E-state index < -0.39 is 5.25 Å². The van der Waals surface area contributed by atoms with Crippen LogP contribution in [0.1, 0.15) is 21.2 Å². The van der Waals surface area contributed by atoms with Gasteiger partial charge in [-0.15, -0.1) is 11.8 Å². The molecule has 8 heteroatoms. The van der Waals surface area contributed by atoms with Crippen LogP contribution < -0.4 is 10.6 Å². The van der Waals surface area contributed by atoms with Crippen molar-refractivity contribution in [3.05, 3.63) is 123 Å². The van der Waals surface area contributed by atoms with Crippen LogP contribution in [-0.4, -0.2) is 11.8 Å². The second-order valence-corrected chi connectivity index (χ2v) is 9.97. The number of carbonyl (C=O) groups excluding carboxylic acids is 2. The van der Waals surface area contributed by atoms with Gasteiger partial charge in [-0.1, -0.05) is 77.3 Å². The molecule has 4 rings (SSSR count). The maximum Gasteiger partial charge on any atom is 0.255 e. The van der Waals surface area contributed by atoms with E-state index in [-0.39, 0.29) is 11.8 Å². The van der Waals surface area contributed by atoms with E-state index in [1.807, 2.05) is 48.5 Å². The molecule has 2 N–H and O–H groups in total. The lowest BCUT2D eigenvalue weighted by molar-refractivity contribution is -0.115. The number of hydrogen-bond donors (Lipinski definition) is 2. The van der Waals surface area contributed by atoms with Crippen LogP contribution in [0.25, 0.3) is 0 Å². The predicted molar refractivity (Wildman–Crippen MR) is 146 cm³/mol. The van der Waals surface area contributed by atoms with Crippen LogP contribution >= 0.6 is 46.6 Å². The van der Waals surface area contributed by atoms with Crippen molar-refractivity contribution in [2.24, 2.45) is 0 Å². The number of carbonyl (C=O) groups is 2. The standard InChI is InChI=1S/C27H19Cl3N2O2S/c28-19-9-4-8-18(14-19)26(33)31-21-10-5-11-22(16-21)35-25(17-6-2-1-3-7-17)27(34)32-24-15-20(29)12-13-23(24)30/h1-16,25H,(H,31,33)(H,32,34). The largest absolute Gasteiger partial charge is 0.323 e. The van der Waals surface area contributed by atoms with Crippen molar-refractivity contribution in [3.8, 4) is 0 Å². The fourth-order valence-corrected chi connectivity index (χ4v) is 4.92. The lowest BCUT2D eigenvalue weighted by Gasteiger charge is -2.18. The van der Waals surface area contributed by atoms with Crippen LogP contribution in [0.15, 0.2) is 102 Å². The SMILES string of the molecule is O=C(Nc1cccc(SC(C(=O)Nc2cc(Cl)ccc2Cl)c2ccccc2)c1)c1cccc(Cl)c1. The van der Waals surface area contributed by atoms with Gasteiger partial charge in [0.2, 0.25) is 5.91 Å². The average Bonchev–Trinajstić information content (AvgIpc) is 2.85. The first-order valence-corrected chi connectivity index (χ1v) is 12.5. The van der Waals surface area contributed by atoms with Crippen LogP contribution in [-0.2, 0) is 4.79 Å². The molecule has 0 bridgehead atoms. The molecule has 4 aromatic carbocycles. The summed E-state index contributed by atoms with van der Waals surface area (Å²) >= 11 is 19.7. The zero-order valence-electron chi connectivity index (χ0n) is 18.2. The Balaban J connectivity index is 1.56. The third kappa shape index (κ3) is 6.80. The second-order valence-electron chi connectivity index (χ2n) is 7.51. The summed E-state index contributed by atoms with van der Waals surface area (Å²) in [6, 6.07) is 28.4. The highest BCUT2D eigenvalue weighted by Crippen LogP contribution is 2.38. The van der Waals surface area contributed by atoms with E-state index in [0.717, 1.165) is 10.5 Å². The van der Waals surface area contributed by atoms with Gasteiger partial charge in [0.25, 0.3) is 5.91 Å². The maximum atomic E-state index is 13.3. The molecule has 4 aromatic rings. The van der Waals surface area contributed by atoms with Gasteiger partial charge in [-0.25, -0.2) is 0 Å². The van der Waals surface area contributed by atoms with Crippen molar-refractivity contribution >= 4 is 69.8 Å². The highest BCUT2D eigenvalue weighted by molar-refractivity contribution is 8.00. The van der Waals surface area contributed by atoms with Gasteiger partial charge in [-0.3, -0.25) is 9.59 Å². The molecule has 0 heterocycles. The molecule has 1 unspecified atom stereocenters. The van der Waals surface area contributed by atoms with E-state index in [2.05, 4.69) is 10.6 Å². The zero-order valence-corrected chi connectivity index (χ0v) is 21.3. The molecule has 0 radical (unpaired) electrons. The first-order chi connectivity index (χ1) is 16.9. The molecule has 0 spiro atoms. The van der Waals surface area contributed by atoms with E-state index in [9.17, 15) is 9.59 Å². The van der Waals surface area contributed by atoms with Crippen molar-refractivity contribution in [1.29, 1.82) is 0 Å². The highest BCUT2D eigenvalue weighted by Gasteiger charge is 2.23.